The van der Waals surface area contributed by atoms with Gasteiger partial charge in [-0.15, -0.1) is 5.10 Å². The first-order valence-corrected chi connectivity index (χ1v) is 9.92. The molecule has 0 radical (unpaired) electrons. The van der Waals surface area contributed by atoms with Crippen LogP contribution in [0.4, 0.5) is 5.95 Å². The predicted molar refractivity (Wildman–Crippen MR) is 102 cm³/mol. The molecule has 0 unspecified atom stereocenters. The number of sulfonamides is 1. The zero-order valence-corrected chi connectivity index (χ0v) is 16.4. The third-order valence-electron chi connectivity index (χ3n) is 3.71. The van der Waals surface area contributed by atoms with Crippen LogP contribution in [0.1, 0.15) is 16.7 Å². The highest BCUT2D eigenvalue weighted by Gasteiger charge is 2.19. The van der Waals surface area contributed by atoms with E-state index in [2.05, 4.69) is 14.8 Å². The molecule has 6 nitrogen and oxygen atoms in total. The van der Waals surface area contributed by atoms with Crippen molar-refractivity contribution in [3.05, 3.63) is 69.5 Å². The van der Waals surface area contributed by atoms with E-state index in [9.17, 15) is 8.42 Å². The largest absolute Gasteiger partial charge is 0.264 e. The summed E-state index contributed by atoms with van der Waals surface area (Å²) in [6, 6.07) is 10.4. The summed E-state index contributed by atoms with van der Waals surface area (Å²) in [4.78, 5) is 4.21. The molecule has 136 valence electrons. The van der Waals surface area contributed by atoms with Crippen molar-refractivity contribution >= 4 is 39.2 Å². The SMILES string of the molecule is Cc1ccc(S(=O)(=O)Nc2ncn(Cc3ccc(Cl)c(Cl)c3)n2)c(C)c1. The molecule has 0 fully saturated rings. The summed E-state index contributed by atoms with van der Waals surface area (Å²) in [7, 11) is -3.76. The number of aryl methyl sites for hydroxylation is 2. The van der Waals surface area contributed by atoms with Crippen LogP contribution in [0.2, 0.25) is 10.0 Å². The standard InChI is InChI=1S/C17H16Cl2N4O2S/c1-11-3-6-16(12(2)7-11)26(24,25)22-17-20-10-23(21-17)9-13-4-5-14(18)15(19)8-13/h3-8,10H,9H2,1-2H3,(H,21,22). The molecule has 0 atom stereocenters. The Labute approximate surface area is 161 Å². The van der Waals surface area contributed by atoms with Crippen LogP contribution in [0.3, 0.4) is 0 Å². The first kappa shape index (κ1) is 18.7. The smallest absolute Gasteiger partial charge is 0.246 e. The molecular weight excluding hydrogens is 395 g/mol. The van der Waals surface area contributed by atoms with Gasteiger partial charge >= 0.3 is 0 Å². The molecule has 26 heavy (non-hydrogen) atoms. The van der Waals surface area contributed by atoms with E-state index in [1.807, 2.05) is 19.1 Å². The molecule has 3 aromatic rings. The van der Waals surface area contributed by atoms with Crippen LogP contribution in [0.25, 0.3) is 0 Å². The van der Waals surface area contributed by atoms with Gasteiger partial charge in [0.05, 0.1) is 21.5 Å². The number of hydrogen-bond donors (Lipinski definition) is 1. The molecule has 1 heterocycles. The zero-order chi connectivity index (χ0) is 18.9. The van der Waals surface area contributed by atoms with E-state index in [1.165, 1.54) is 11.0 Å². The van der Waals surface area contributed by atoms with Crippen LogP contribution in [0, 0.1) is 13.8 Å². The summed E-state index contributed by atoms with van der Waals surface area (Å²) >= 11 is 11.9. The highest BCUT2D eigenvalue weighted by molar-refractivity contribution is 7.92. The van der Waals surface area contributed by atoms with Gasteiger partial charge in [0.15, 0.2) is 0 Å². The molecule has 0 aliphatic carbocycles. The van der Waals surface area contributed by atoms with Gasteiger partial charge in [0.1, 0.15) is 6.33 Å². The number of rotatable bonds is 5. The molecule has 0 aliphatic heterocycles. The van der Waals surface area contributed by atoms with Gasteiger partial charge in [0.2, 0.25) is 0 Å². The molecule has 9 heteroatoms. The topological polar surface area (TPSA) is 76.9 Å². The van der Waals surface area contributed by atoms with E-state index in [0.29, 0.717) is 22.2 Å². The number of halogens is 2. The molecule has 1 N–H and O–H groups in total. The van der Waals surface area contributed by atoms with E-state index in [4.69, 9.17) is 23.2 Å². The Morgan fingerprint density at radius 3 is 2.54 bits per heavy atom. The second-order valence-corrected chi connectivity index (χ2v) is 8.35. The molecule has 0 saturated carbocycles. The maximum atomic E-state index is 12.6. The lowest BCUT2D eigenvalue weighted by Gasteiger charge is -2.08. The number of aromatic nitrogens is 3. The monoisotopic (exact) mass is 410 g/mol. The fourth-order valence-corrected chi connectivity index (χ4v) is 4.01. The number of hydrogen-bond acceptors (Lipinski definition) is 4. The summed E-state index contributed by atoms with van der Waals surface area (Å²) in [5.74, 6) is 0.00466. The fourth-order valence-electron chi connectivity index (χ4n) is 2.52. The highest BCUT2D eigenvalue weighted by Crippen LogP contribution is 2.23. The van der Waals surface area contributed by atoms with E-state index >= 15 is 0 Å². The molecule has 0 saturated heterocycles. The van der Waals surface area contributed by atoms with Crippen molar-refractivity contribution in [3.63, 3.8) is 0 Å². The van der Waals surface area contributed by atoms with Crippen LogP contribution < -0.4 is 4.72 Å². The predicted octanol–water partition coefficient (Wildman–Crippen LogP) is 4.05. The minimum Gasteiger partial charge on any atom is -0.246 e. The van der Waals surface area contributed by atoms with Gasteiger partial charge in [-0.2, -0.15) is 4.98 Å². The van der Waals surface area contributed by atoms with E-state index in [-0.39, 0.29) is 10.8 Å². The van der Waals surface area contributed by atoms with E-state index in [0.717, 1.165) is 11.1 Å². The van der Waals surface area contributed by atoms with Gasteiger partial charge in [-0.05, 0) is 43.2 Å². The lowest BCUT2D eigenvalue weighted by atomic mass is 10.2. The summed E-state index contributed by atoms with van der Waals surface area (Å²) in [6.07, 6.45) is 1.45. The molecular formula is C17H16Cl2N4O2S. The van der Waals surface area contributed by atoms with Crippen molar-refractivity contribution in [2.24, 2.45) is 0 Å². The van der Waals surface area contributed by atoms with Gasteiger partial charge in [0.25, 0.3) is 16.0 Å². The van der Waals surface area contributed by atoms with Crippen molar-refractivity contribution in [2.45, 2.75) is 25.3 Å². The lowest BCUT2D eigenvalue weighted by molar-refractivity contribution is 0.600. The third-order valence-corrected chi connectivity index (χ3v) is 5.94. The van der Waals surface area contributed by atoms with Gasteiger partial charge in [-0.25, -0.2) is 17.8 Å². The molecule has 2 aromatic carbocycles. The second-order valence-electron chi connectivity index (χ2n) is 5.89. The quantitative estimate of drug-likeness (QED) is 0.687. The average Bonchev–Trinajstić information content (AvgIpc) is 2.96. The maximum Gasteiger partial charge on any atom is 0.264 e. The third kappa shape index (κ3) is 4.17. The first-order valence-electron chi connectivity index (χ1n) is 7.68. The van der Waals surface area contributed by atoms with Crippen molar-refractivity contribution < 1.29 is 8.42 Å². The Kier molecular flexibility index (Phi) is 5.22. The Morgan fingerprint density at radius 2 is 1.85 bits per heavy atom. The van der Waals surface area contributed by atoms with Gasteiger partial charge in [0, 0.05) is 0 Å². The minimum absolute atomic E-state index is 0.00466. The number of nitrogens with one attached hydrogen (secondary N) is 1. The van der Waals surface area contributed by atoms with E-state index in [1.54, 1.807) is 31.2 Å². The van der Waals surface area contributed by atoms with Gasteiger partial charge < -0.3 is 0 Å². The average molecular weight is 411 g/mol. The van der Waals surface area contributed by atoms with Crippen LogP contribution >= 0.6 is 23.2 Å². The first-order chi connectivity index (χ1) is 12.2. The van der Waals surface area contributed by atoms with Gasteiger partial charge in [-0.1, -0.05) is 47.0 Å². The maximum absolute atomic E-state index is 12.6. The Bertz CT molecular complexity index is 1060. The second kappa shape index (κ2) is 7.26. The highest BCUT2D eigenvalue weighted by atomic mass is 35.5. The van der Waals surface area contributed by atoms with Crippen molar-refractivity contribution in [2.75, 3.05) is 4.72 Å². The normalized spacial score (nSPS) is 11.5. The van der Waals surface area contributed by atoms with Crippen molar-refractivity contribution in [3.8, 4) is 0 Å². The molecule has 0 aliphatic rings. The van der Waals surface area contributed by atoms with Crippen molar-refractivity contribution in [1.82, 2.24) is 14.8 Å². The molecule has 0 bridgehead atoms. The Balaban J connectivity index is 1.78. The lowest BCUT2D eigenvalue weighted by Crippen LogP contribution is -2.15. The van der Waals surface area contributed by atoms with Gasteiger partial charge in [-0.3, -0.25) is 0 Å². The Hall–Kier alpha value is -2.09. The molecule has 3 rings (SSSR count). The zero-order valence-electron chi connectivity index (χ0n) is 14.1. The minimum atomic E-state index is -3.76. The fraction of sp³-hybridized carbons (Fsp3) is 0.176. The van der Waals surface area contributed by atoms with Crippen LogP contribution in [-0.4, -0.2) is 23.2 Å². The molecule has 0 amide bonds. The van der Waals surface area contributed by atoms with Crippen LogP contribution in [-0.2, 0) is 16.6 Å². The summed E-state index contributed by atoms with van der Waals surface area (Å²) in [5, 5.41) is 5.07. The van der Waals surface area contributed by atoms with Crippen LogP contribution in [0.5, 0.6) is 0 Å². The van der Waals surface area contributed by atoms with E-state index < -0.39 is 10.0 Å². The van der Waals surface area contributed by atoms with Crippen molar-refractivity contribution in [1.29, 1.82) is 0 Å². The summed E-state index contributed by atoms with van der Waals surface area (Å²) in [5.41, 5.74) is 2.52. The number of anilines is 1. The molecule has 0 spiro atoms. The molecule has 1 aromatic heterocycles. The summed E-state index contributed by atoms with van der Waals surface area (Å²) in [6.45, 7) is 4.04. The van der Waals surface area contributed by atoms with Crippen LogP contribution in [0.15, 0.2) is 47.6 Å². The Morgan fingerprint density at radius 1 is 1.08 bits per heavy atom. The number of benzene rings is 2. The number of nitrogens with zero attached hydrogens (tertiary/aromatic N) is 3. The summed E-state index contributed by atoms with van der Waals surface area (Å²) < 4.78 is 29.0.